The first-order valence-corrected chi connectivity index (χ1v) is 5.95. The fraction of sp³-hybridized carbons (Fsp3) is 0.462. The fourth-order valence-electron chi connectivity index (χ4n) is 1.92. The molecule has 4 heteroatoms. The molecule has 1 heterocycles. The zero-order chi connectivity index (χ0) is 12.1. The van der Waals surface area contributed by atoms with Crippen molar-refractivity contribution in [1.82, 2.24) is 5.32 Å². The minimum atomic E-state index is -0.271. The molecule has 1 aliphatic rings. The lowest BCUT2D eigenvalue weighted by molar-refractivity contribution is -0.124. The van der Waals surface area contributed by atoms with Crippen LogP contribution >= 0.6 is 0 Å². The van der Waals surface area contributed by atoms with Gasteiger partial charge < -0.3 is 15.4 Å². The molecule has 0 spiro atoms. The van der Waals surface area contributed by atoms with Crippen LogP contribution in [0.5, 0.6) is 0 Å². The molecule has 1 atom stereocenters. The van der Waals surface area contributed by atoms with Crippen LogP contribution in [0.1, 0.15) is 18.4 Å². The minimum Gasteiger partial charge on any atom is -0.368 e. The summed E-state index contributed by atoms with van der Waals surface area (Å²) in [6.07, 6.45) is 1.52. The van der Waals surface area contributed by atoms with Crippen LogP contribution in [0.4, 0.5) is 5.69 Å². The average molecular weight is 234 g/mol. The molecule has 1 aromatic rings. The van der Waals surface area contributed by atoms with Crippen molar-refractivity contribution < 1.29 is 9.53 Å². The third kappa shape index (κ3) is 3.28. The van der Waals surface area contributed by atoms with Gasteiger partial charge >= 0.3 is 0 Å². The summed E-state index contributed by atoms with van der Waals surface area (Å²) >= 11 is 0. The number of carbonyl (C=O) groups is 1. The SMILES string of the molecule is CNCc1ccc(NC(=O)[C@H]2CCCO2)cc1. The van der Waals surface area contributed by atoms with Crippen LogP contribution in [0.15, 0.2) is 24.3 Å². The average Bonchev–Trinajstić information content (AvgIpc) is 2.86. The Bertz CT molecular complexity index is 370. The zero-order valence-electron chi connectivity index (χ0n) is 10.0. The molecule has 0 aromatic heterocycles. The van der Waals surface area contributed by atoms with Crippen molar-refractivity contribution in [2.24, 2.45) is 0 Å². The van der Waals surface area contributed by atoms with E-state index in [4.69, 9.17) is 4.74 Å². The number of anilines is 1. The second-order valence-corrected chi connectivity index (χ2v) is 4.22. The van der Waals surface area contributed by atoms with Crippen molar-refractivity contribution in [1.29, 1.82) is 0 Å². The lowest BCUT2D eigenvalue weighted by Gasteiger charge is -2.10. The van der Waals surface area contributed by atoms with Crippen molar-refractivity contribution in [2.75, 3.05) is 19.0 Å². The Morgan fingerprint density at radius 3 is 2.76 bits per heavy atom. The van der Waals surface area contributed by atoms with E-state index in [2.05, 4.69) is 10.6 Å². The molecule has 1 saturated heterocycles. The highest BCUT2D eigenvalue weighted by Gasteiger charge is 2.23. The smallest absolute Gasteiger partial charge is 0.253 e. The van der Waals surface area contributed by atoms with E-state index >= 15 is 0 Å². The quantitative estimate of drug-likeness (QED) is 0.830. The summed E-state index contributed by atoms with van der Waals surface area (Å²) in [5, 5.41) is 5.95. The maximum atomic E-state index is 11.8. The van der Waals surface area contributed by atoms with Crippen molar-refractivity contribution in [3.8, 4) is 0 Å². The molecule has 92 valence electrons. The number of amides is 1. The van der Waals surface area contributed by atoms with Gasteiger partial charge in [-0.2, -0.15) is 0 Å². The Morgan fingerprint density at radius 1 is 1.41 bits per heavy atom. The summed E-state index contributed by atoms with van der Waals surface area (Å²) in [5.74, 6) is -0.0381. The van der Waals surface area contributed by atoms with E-state index in [1.165, 1.54) is 5.56 Å². The van der Waals surface area contributed by atoms with Crippen LogP contribution in [-0.4, -0.2) is 25.7 Å². The predicted molar refractivity (Wildman–Crippen MR) is 66.8 cm³/mol. The largest absolute Gasteiger partial charge is 0.368 e. The molecule has 0 radical (unpaired) electrons. The second-order valence-electron chi connectivity index (χ2n) is 4.22. The van der Waals surface area contributed by atoms with Gasteiger partial charge in [0.15, 0.2) is 0 Å². The number of hydrogen-bond acceptors (Lipinski definition) is 3. The summed E-state index contributed by atoms with van der Waals surface area (Å²) in [5.41, 5.74) is 2.02. The Balaban J connectivity index is 1.91. The monoisotopic (exact) mass is 234 g/mol. The maximum Gasteiger partial charge on any atom is 0.253 e. The van der Waals surface area contributed by atoms with Gasteiger partial charge in [0.05, 0.1) is 0 Å². The topological polar surface area (TPSA) is 50.4 Å². The molecule has 0 bridgehead atoms. The predicted octanol–water partition coefficient (Wildman–Crippen LogP) is 1.52. The minimum absolute atomic E-state index is 0.0381. The standard InChI is InChI=1S/C13H18N2O2/c1-14-9-10-4-6-11(7-5-10)15-13(16)12-3-2-8-17-12/h4-7,12,14H,2-3,8-9H2,1H3,(H,15,16)/t12-/m1/s1. The molecular formula is C13H18N2O2. The van der Waals surface area contributed by atoms with Crippen molar-refractivity contribution >= 4 is 11.6 Å². The van der Waals surface area contributed by atoms with Crippen molar-refractivity contribution in [2.45, 2.75) is 25.5 Å². The molecule has 0 aliphatic carbocycles. The molecule has 0 saturated carbocycles. The summed E-state index contributed by atoms with van der Waals surface area (Å²) in [7, 11) is 1.91. The van der Waals surface area contributed by atoms with Gasteiger partial charge in [0.2, 0.25) is 0 Å². The third-order valence-corrected chi connectivity index (χ3v) is 2.82. The third-order valence-electron chi connectivity index (χ3n) is 2.82. The highest BCUT2D eigenvalue weighted by Crippen LogP contribution is 2.15. The molecule has 2 N–H and O–H groups in total. The van der Waals surface area contributed by atoms with E-state index in [0.717, 1.165) is 25.1 Å². The van der Waals surface area contributed by atoms with E-state index < -0.39 is 0 Å². The van der Waals surface area contributed by atoms with Crippen LogP contribution in [0.2, 0.25) is 0 Å². The van der Waals surface area contributed by atoms with Crippen molar-refractivity contribution in [3.63, 3.8) is 0 Å². The Kier molecular flexibility index (Phi) is 4.12. The molecule has 1 amide bonds. The van der Waals surface area contributed by atoms with E-state index in [1.807, 2.05) is 31.3 Å². The highest BCUT2D eigenvalue weighted by atomic mass is 16.5. The van der Waals surface area contributed by atoms with Gasteiger partial charge in [-0.3, -0.25) is 4.79 Å². The molecule has 2 rings (SSSR count). The van der Waals surface area contributed by atoms with Crippen LogP contribution in [0.25, 0.3) is 0 Å². The molecule has 0 unspecified atom stereocenters. The first-order chi connectivity index (χ1) is 8.29. The van der Waals surface area contributed by atoms with Crippen molar-refractivity contribution in [3.05, 3.63) is 29.8 Å². The fourth-order valence-corrected chi connectivity index (χ4v) is 1.92. The van der Waals surface area contributed by atoms with E-state index in [1.54, 1.807) is 0 Å². The normalized spacial score (nSPS) is 19.2. The molecular weight excluding hydrogens is 216 g/mol. The molecule has 17 heavy (non-hydrogen) atoms. The first kappa shape index (κ1) is 12.1. The Hall–Kier alpha value is -1.39. The van der Waals surface area contributed by atoms with Gasteiger partial charge in [-0.05, 0) is 37.6 Å². The van der Waals surface area contributed by atoms with Gasteiger partial charge in [-0.25, -0.2) is 0 Å². The number of benzene rings is 1. The summed E-state index contributed by atoms with van der Waals surface area (Å²) in [6, 6.07) is 7.84. The molecule has 1 aliphatic heterocycles. The number of nitrogens with one attached hydrogen (secondary N) is 2. The van der Waals surface area contributed by atoms with Gasteiger partial charge in [0.1, 0.15) is 6.10 Å². The van der Waals surface area contributed by atoms with E-state index in [-0.39, 0.29) is 12.0 Å². The summed E-state index contributed by atoms with van der Waals surface area (Å²) in [6.45, 7) is 1.53. The van der Waals surface area contributed by atoms with Crippen LogP contribution in [0.3, 0.4) is 0 Å². The number of rotatable bonds is 4. The lowest BCUT2D eigenvalue weighted by Crippen LogP contribution is -2.26. The first-order valence-electron chi connectivity index (χ1n) is 5.95. The highest BCUT2D eigenvalue weighted by molar-refractivity contribution is 5.94. The van der Waals surface area contributed by atoms with Gasteiger partial charge in [0.25, 0.3) is 5.91 Å². The molecule has 1 fully saturated rings. The van der Waals surface area contributed by atoms with Gasteiger partial charge in [-0.15, -0.1) is 0 Å². The molecule has 4 nitrogen and oxygen atoms in total. The Labute approximate surface area is 101 Å². The maximum absolute atomic E-state index is 11.8. The summed E-state index contributed by atoms with van der Waals surface area (Å²) < 4.78 is 5.33. The Morgan fingerprint density at radius 2 is 2.18 bits per heavy atom. The zero-order valence-corrected chi connectivity index (χ0v) is 10.0. The van der Waals surface area contributed by atoms with Gasteiger partial charge in [0, 0.05) is 18.8 Å². The van der Waals surface area contributed by atoms with Gasteiger partial charge in [-0.1, -0.05) is 12.1 Å². The molecule has 1 aromatic carbocycles. The van der Waals surface area contributed by atoms with E-state index in [0.29, 0.717) is 6.61 Å². The van der Waals surface area contributed by atoms with Crippen LogP contribution < -0.4 is 10.6 Å². The number of hydrogen-bond donors (Lipinski definition) is 2. The van der Waals surface area contributed by atoms with E-state index in [9.17, 15) is 4.79 Å². The van der Waals surface area contributed by atoms with Crippen LogP contribution in [-0.2, 0) is 16.1 Å². The summed E-state index contributed by atoms with van der Waals surface area (Å²) in [4.78, 5) is 11.8. The van der Waals surface area contributed by atoms with Crippen LogP contribution in [0, 0.1) is 0 Å². The number of ether oxygens (including phenoxy) is 1. The number of carbonyl (C=O) groups excluding carboxylic acids is 1. The lowest BCUT2D eigenvalue weighted by atomic mass is 10.2. The second kappa shape index (κ2) is 5.80.